The Morgan fingerprint density at radius 1 is 1.46 bits per heavy atom. The fourth-order valence-electron chi connectivity index (χ4n) is 3.28. The predicted molar refractivity (Wildman–Crippen MR) is 113 cm³/mol. The van der Waals surface area contributed by atoms with Gasteiger partial charge >= 0.3 is 0 Å². The summed E-state index contributed by atoms with van der Waals surface area (Å²) in [6.45, 7) is 5.85. The highest BCUT2D eigenvalue weighted by atomic mass is 19.1. The van der Waals surface area contributed by atoms with E-state index in [9.17, 15) is 5.11 Å². The van der Waals surface area contributed by atoms with Crippen LogP contribution in [0.4, 0.5) is 4.39 Å². The molecular weight excluding hydrogens is 355 g/mol. The quantitative estimate of drug-likeness (QED) is 0.464. The van der Waals surface area contributed by atoms with Crippen molar-refractivity contribution in [1.82, 2.24) is 5.32 Å². The van der Waals surface area contributed by atoms with Crippen LogP contribution in [0.3, 0.4) is 0 Å². The van der Waals surface area contributed by atoms with E-state index in [2.05, 4.69) is 16.9 Å². The first-order chi connectivity index (χ1) is 13.5. The van der Waals surface area contributed by atoms with Gasteiger partial charge in [0, 0.05) is 36.4 Å². The zero-order chi connectivity index (χ0) is 20.5. The number of hydrogen-bond donors (Lipinski definition) is 4. The van der Waals surface area contributed by atoms with Gasteiger partial charge in [0.05, 0.1) is 11.8 Å². The molecule has 2 rings (SSSR count). The Balaban J connectivity index is 2.30. The van der Waals surface area contributed by atoms with E-state index in [0.717, 1.165) is 18.4 Å². The first-order valence-corrected chi connectivity index (χ1v) is 9.70. The van der Waals surface area contributed by atoms with Gasteiger partial charge in [-0.3, -0.25) is 4.99 Å². The molecule has 0 saturated heterocycles. The van der Waals surface area contributed by atoms with Crippen LogP contribution in [0.5, 0.6) is 0 Å². The molecule has 1 aromatic carbocycles. The minimum absolute atomic E-state index is 0.284. The Morgan fingerprint density at radius 2 is 2.21 bits per heavy atom. The number of nitrogens with two attached hydrogens (primary N) is 2. The molecule has 6 N–H and O–H groups in total. The molecule has 1 aliphatic carbocycles. The van der Waals surface area contributed by atoms with Crippen LogP contribution >= 0.6 is 0 Å². The average Bonchev–Trinajstić information content (AvgIpc) is 2.61. The van der Waals surface area contributed by atoms with Crippen LogP contribution < -0.4 is 16.8 Å². The molecule has 1 fully saturated rings. The number of nitrogens with one attached hydrogen (secondary N) is 1. The summed E-state index contributed by atoms with van der Waals surface area (Å²) < 4.78 is 15.5. The van der Waals surface area contributed by atoms with Gasteiger partial charge < -0.3 is 21.9 Å². The minimum atomic E-state index is -0.594. The van der Waals surface area contributed by atoms with Crippen molar-refractivity contribution in [3.8, 4) is 0 Å². The molecule has 1 unspecified atom stereocenters. The van der Waals surface area contributed by atoms with Gasteiger partial charge in [0.2, 0.25) is 0 Å². The Hall–Kier alpha value is -2.60. The van der Waals surface area contributed by atoms with Gasteiger partial charge in [0.25, 0.3) is 0 Å². The van der Waals surface area contributed by atoms with E-state index in [-0.39, 0.29) is 5.82 Å². The van der Waals surface area contributed by atoms with Gasteiger partial charge in [-0.1, -0.05) is 19.1 Å². The Labute approximate surface area is 166 Å². The first-order valence-electron chi connectivity index (χ1n) is 9.70. The van der Waals surface area contributed by atoms with Crippen molar-refractivity contribution in [3.63, 3.8) is 0 Å². The van der Waals surface area contributed by atoms with Gasteiger partial charge in [-0.15, -0.1) is 0 Å². The monoisotopic (exact) mass is 386 g/mol. The lowest BCUT2D eigenvalue weighted by atomic mass is 9.76. The highest BCUT2D eigenvalue weighted by Crippen LogP contribution is 2.39. The SMILES string of the molecule is C=CC(=N/C=C(\C)N)c1ccc(C2CCC2)c(CCC(O)CN/C=C\N)c1F. The van der Waals surface area contributed by atoms with E-state index in [0.29, 0.717) is 47.8 Å². The summed E-state index contributed by atoms with van der Waals surface area (Å²) in [5.74, 6) is 0.109. The summed E-state index contributed by atoms with van der Waals surface area (Å²) in [5, 5.41) is 13.1. The smallest absolute Gasteiger partial charge is 0.136 e. The van der Waals surface area contributed by atoms with E-state index in [1.54, 1.807) is 19.2 Å². The summed E-state index contributed by atoms with van der Waals surface area (Å²) in [7, 11) is 0. The van der Waals surface area contributed by atoms with Crippen LogP contribution in [0.25, 0.3) is 0 Å². The molecule has 1 saturated carbocycles. The number of allylic oxidation sites excluding steroid dienone is 2. The summed E-state index contributed by atoms with van der Waals surface area (Å²) in [6, 6.07) is 3.77. The second kappa shape index (κ2) is 10.7. The van der Waals surface area contributed by atoms with Gasteiger partial charge in [0.15, 0.2) is 0 Å². The molecule has 5 nitrogen and oxygen atoms in total. The summed E-state index contributed by atoms with van der Waals surface area (Å²) in [5.41, 5.74) is 14.0. The van der Waals surface area contributed by atoms with Gasteiger partial charge in [-0.25, -0.2) is 4.39 Å². The molecule has 152 valence electrons. The number of rotatable bonds is 10. The molecule has 1 atom stereocenters. The first kappa shape index (κ1) is 21.7. The van der Waals surface area contributed by atoms with E-state index in [1.165, 1.54) is 24.9 Å². The molecule has 0 aliphatic heterocycles. The van der Waals surface area contributed by atoms with Crippen LogP contribution in [0.1, 0.15) is 55.2 Å². The highest BCUT2D eigenvalue weighted by molar-refractivity contribution is 6.09. The normalized spacial score (nSPS) is 16.8. The standard InChI is InChI=1S/C22H31FN4O/c1-3-21(27-13-15(2)25)20-10-9-18(16-5-4-6-16)19(22(20)23)8-7-17(28)14-26-12-11-24/h3,9-13,16-17,26,28H,1,4-8,14,24-25H2,2H3/b12-11-,15-13+,27-21?. The molecule has 0 bridgehead atoms. The molecule has 28 heavy (non-hydrogen) atoms. The van der Waals surface area contributed by atoms with Crippen molar-refractivity contribution >= 4 is 5.71 Å². The topological polar surface area (TPSA) is 96.7 Å². The van der Waals surface area contributed by atoms with Crippen molar-refractivity contribution in [2.45, 2.75) is 51.0 Å². The van der Waals surface area contributed by atoms with Crippen molar-refractivity contribution in [2.24, 2.45) is 16.5 Å². The lowest BCUT2D eigenvalue weighted by Crippen LogP contribution is -2.24. The lowest BCUT2D eigenvalue weighted by molar-refractivity contribution is 0.166. The van der Waals surface area contributed by atoms with Crippen molar-refractivity contribution in [3.05, 3.63) is 71.6 Å². The van der Waals surface area contributed by atoms with Crippen LogP contribution in [0.2, 0.25) is 0 Å². The number of aliphatic hydroxyl groups excluding tert-OH is 1. The van der Waals surface area contributed by atoms with E-state index in [4.69, 9.17) is 11.5 Å². The number of hydrogen-bond acceptors (Lipinski definition) is 5. The third-order valence-corrected chi connectivity index (χ3v) is 5.00. The Bertz CT molecular complexity index is 762. The Morgan fingerprint density at radius 3 is 2.79 bits per heavy atom. The maximum Gasteiger partial charge on any atom is 0.136 e. The largest absolute Gasteiger partial charge is 0.403 e. The molecule has 0 spiro atoms. The maximum atomic E-state index is 15.5. The van der Waals surface area contributed by atoms with E-state index < -0.39 is 6.10 Å². The van der Waals surface area contributed by atoms with Gasteiger partial charge in [-0.2, -0.15) is 0 Å². The second-order valence-electron chi connectivity index (χ2n) is 7.17. The molecule has 1 aromatic rings. The second-order valence-corrected chi connectivity index (χ2v) is 7.17. The van der Waals surface area contributed by atoms with Crippen molar-refractivity contribution in [1.29, 1.82) is 0 Å². The number of aliphatic imine (C=N–C) groups is 1. The average molecular weight is 387 g/mol. The summed E-state index contributed by atoms with van der Waals surface area (Å²) in [4.78, 5) is 4.26. The molecule has 0 amide bonds. The zero-order valence-electron chi connectivity index (χ0n) is 16.5. The van der Waals surface area contributed by atoms with Crippen molar-refractivity contribution in [2.75, 3.05) is 6.54 Å². The van der Waals surface area contributed by atoms with Crippen LogP contribution in [-0.4, -0.2) is 23.5 Å². The zero-order valence-corrected chi connectivity index (χ0v) is 16.5. The molecule has 0 heterocycles. The summed E-state index contributed by atoms with van der Waals surface area (Å²) in [6.07, 6.45) is 9.62. The minimum Gasteiger partial charge on any atom is -0.403 e. The van der Waals surface area contributed by atoms with Crippen LogP contribution in [-0.2, 0) is 6.42 Å². The number of halogens is 1. The maximum absolute atomic E-state index is 15.5. The third kappa shape index (κ3) is 5.70. The lowest BCUT2D eigenvalue weighted by Gasteiger charge is -2.29. The van der Waals surface area contributed by atoms with E-state index in [1.807, 2.05) is 6.07 Å². The fraction of sp³-hybridized carbons (Fsp3) is 0.409. The van der Waals surface area contributed by atoms with Gasteiger partial charge in [0.1, 0.15) is 5.82 Å². The summed E-state index contributed by atoms with van der Waals surface area (Å²) >= 11 is 0. The fourth-order valence-corrected chi connectivity index (χ4v) is 3.28. The molecule has 6 heteroatoms. The number of nitrogens with zero attached hydrogens (tertiary/aromatic N) is 1. The Kier molecular flexibility index (Phi) is 8.26. The van der Waals surface area contributed by atoms with Crippen molar-refractivity contribution < 1.29 is 9.50 Å². The third-order valence-electron chi connectivity index (χ3n) is 5.00. The highest BCUT2D eigenvalue weighted by Gasteiger charge is 2.25. The van der Waals surface area contributed by atoms with Gasteiger partial charge in [-0.05, 0) is 61.8 Å². The van der Waals surface area contributed by atoms with Crippen LogP contribution in [0.15, 0.2) is 54.1 Å². The molecule has 1 aliphatic rings. The number of aliphatic hydroxyl groups is 1. The molecule has 0 radical (unpaired) electrons. The number of benzene rings is 1. The molecule has 0 aromatic heterocycles. The van der Waals surface area contributed by atoms with Crippen LogP contribution in [0, 0.1) is 5.82 Å². The molecular formula is C22H31FN4O. The predicted octanol–water partition coefficient (Wildman–Crippen LogP) is 3.20. The van der Waals surface area contributed by atoms with E-state index >= 15 is 4.39 Å².